The van der Waals surface area contributed by atoms with E-state index in [-0.39, 0.29) is 6.04 Å². The van der Waals surface area contributed by atoms with Crippen LogP contribution in [0.25, 0.3) is 4.85 Å². The summed E-state index contributed by atoms with van der Waals surface area (Å²) in [4.78, 5) is 9.45. The van der Waals surface area contributed by atoms with Crippen LogP contribution in [0.5, 0.6) is 0 Å². The van der Waals surface area contributed by atoms with Crippen molar-refractivity contribution in [3.05, 3.63) is 27.0 Å². The molecule has 1 unspecified atom stereocenters. The molecular formula is C10H12N2S. The van der Waals surface area contributed by atoms with E-state index in [1.54, 1.807) is 11.3 Å². The van der Waals surface area contributed by atoms with E-state index in [1.807, 2.05) is 6.92 Å². The van der Waals surface area contributed by atoms with Crippen molar-refractivity contribution in [2.75, 3.05) is 0 Å². The normalized spacial score (nSPS) is 17.5. The maximum atomic E-state index is 6.95. The molecule has 0 N–H and O–H groups in total. The second-order valence-corrected chi connectivity index (χ2v) is 4.55. The van der Waals surface area contributed by atoms with Gasteiger partial charge in [-0.2, -0.15) is 0 Å². The zero-order valence-corrected chi connectivity index (χ0v) is 8.52. The van der Waals surface area contributed by atoms with Gasteiger partial charge >= 0.3 is 0 Å². The van der Waals surface area contributed by atoms with Crippen LogP contribution >= 0.6 is 11.3 Å². The Morgan fingerprint density at radius 3 is 2.92 bits per heavy atom. The Balaban J connectivity index is 2.31. The van der Waals surface area contributed by atoms with E-state index < -0.39 is 0 Å². The first-order chi connectivity index (χ1) is 6.31. The largest absolute Gasteiger partial charge is 0.306 e. The Morgan fingerprint density at radius 1 is 1.46 bits per heavy atom. The summed E-state index contributed by atoms with van der Waals surface area (Å²) in [5, 5.41) is 1.02. The van der Waals surface area contributed by atoms with Gasteiger partial charge in [-0.25, -0.2) is 11.6 Å². The first-order valence-electron chi connectivity index (χ1n) is 4.66. The van der Waals surface area contributed by atoms with Crippen LogP contribution in [0, 0.1) is 6.57 Å². The Morgan fingerprint density at radius 2 is 2.23 bits per heavy atom. The zero-order chi connectivity index (χ0) is 9.26. The highest BCUT2D eigenvalue weighted by Gasteiger charge is 2.20. The van der Waals surface area contributed by atoms with Crippen LogP contribution in [0.2, 0.25) is 0 Å². The standard InChI is InChI=1S/C10H12N2S/c1-7(11-2)10-12-8-5-3-4-6-9(8)13-10/h7H,3-6H2,1H3. The Hall–Kier alpha value is -0.880. The Labute approximate surface area is 82.4 Å². The number of aromatic nitrogens is 1. The molecule has 1 aliphatic rings. The molecule has 0 aromatic carbocycles. The van der Waals surface area contributed by atoms with Crippen LogP contribution < -0.4 is 0 Å². The van der Waals surface area contributed by atoms with Gasteiger partial charge in [0.15, 0.2) is 5.01 Å². The molecule has 0 radical (unpaired) electrons. The third-order valence-electron chi connectivity index (χ3n) is 2.41. The number of aryl methyl sites for hydroxylation is 2. The molecule has 1 aromatic heterocycles. The van der Waals surface area contributed by atoms with E-state index in [2.05, 4.69) is 9.83 Å². The molecule has 3 heteroatoms. The summed E-state index contributed by atoms with van der Waals surface area (Å²) >= 11 is 1.74. The van der Waals surface area contributed by atoms with E-state index >= 15 is 0 Å². The van der Waals surface area contributed by atoms with Crippen molar-refractivity contribution in [1.29, 1.82) is 0 Å². The van der Waals surface area contributed by atoms with E-state index in [1.165, 1.54) is 29.8 Å². The van der Waals surface area contributed by atoms with Crippen molar-refractivity contribution in [2.45, 2.75) is 38.6 Å². The summed E-state index contributed by atoms with van der Waals surface area (Å²) in [6, 6.07) is -0.0457. The van der Waals surface area contributed by atoms with Crippen molar-refractivity contribution < 1.29 is 0 Å². The molecule has 0 spiro atoms. The highest BCUT2D eigenvalue weighted by atomic mass is 32.1. The molecule has 13 heavy (non-hydrogen) atoms. The summed E-state index contributed by atoms with van der Waals surface area (Å²) in [5.74, 6) is 0. The van der Waals surface area contributed by atoms with Crippen LogP contribution in [-0.4, -0.2) is 4.98 Å². The maximum absolute atomic E-state index is 6.95. The molecule has 1 atom stereocenters. The molecule has 0 amide bonds. The lowest BCUT2D eigenvalue weighted by atomic mass is 10.0. The van der Waals surface area contributed by atoms with Crippen molar-refractivity contribution in [2.24, 2.45) is 0 Å². The summed E-state index contributed by atoms with van der Waals surface area (Å²) in [5.41, 5.74) is 1.27. The number of rotatable bonds is 1. The highest BCUT2D eigenvalue weighted by Crippen LogP contribution is 2.30. The molecule has 0 aliphatic heterocycles. The van der Waals surface area contributed by atoms with Gasteiger partial charge in [0.05, 0.1) is 5.69 Å². The van der Waals surface area contributed by atoms with Crippen molar-refractivity contribution in [1.82, 2.24) is 4.98 Å². The quantitative estimate of drug-likeness (QED) is 0.625. The number of hydrogen-bond donors (Lipinski definition) is 0. The smallest absolute Gasteiger partial charge is 0.271 e. The minimum Gasteiger partial charge on any atom is -0.306 e. The lowest BCUT2D eigenvalue weighted by Crippen LogP contribution is -1.99. The first kappa shape index (κ1) is 8.71. The predicted octanol–water partition coefficient (Wildman–Crippen LogP) is 3.00. The van der Waals surface area contributed by atoms with Gasteiger partial charge in [-0.3, -0.25) is 0 Å². The van der Waals surface area contributed by atoms with Crippen LogP contribution in [0.4, 0.5) is 0 Å². The molecular weight excluding hydrogens is 180 g/mol. The van der Waals surface area contributed by atoms with Crippen LogP contribution in [-0.2, 0) is 12.8 Å². The first-order valence-corrected chi connectivity index (χ1v) is 5.48. The summed E-state index contributed by atoms with van der Waals surface area (Å²) in [6.07, 6.45) is 4.86. The topological polar surface area (TPSA) is 17.2 Å². The third-order valence-corrected chi connectivity index (χ3v) is 3.74. The van der Waals surface area contributed by atoms with Gasteiger partial charge in [0.25, 0.3) is 6.04 Å². The summed E-state index contributed by atoms with van der Waals surface area (Å²) < 4.78 is 0. The molecule has 68 valence electrons. The van der Waals surface area contributed by atoms with Gasteiger partial charge in [-0.05, 0) is 25.7 Å². The number of fused-ring (bicyclic) bond motifs is 1. The second kappa shape index (κ2) is 3.47. The van der Waals surface area contributed by atoms with Crippen LogP contribution in [0.15, 0.2) is 0 Å². The zero-order valence-electron chi connectivity index (χ0n) is 7.71. The second-order valence-electron chi connectivity index (χ2n) is 3.43. The SMILES string of the molecule is [C-]#[N+]C(C)c1nc2c(s1)CCCC2. The van der Waals surface area contributed by atoms with Crippen LogP contribution in [0.3, 0.4) is 0 Å². The Kier molecular flexibility index (Phi) is 2.32. The average Bonchev–Trinajstić information content (AvgIpc) is 2.59. The van der Waals surface area contributed by atoms with Gasteiger partial charge in [-0.15, -0.1) is 11.3 Å². The minimum absolute atomic E-state index is 0.0457. The van der Waals surface area contributed by atoms with Crippen molar-refractivity contribution in [3.8, 4) is 0 Å². The average molecular weight is 192 g/mol. The van der Waals surface area contributed by atoms with Gasteiger partial charge in [0.2, 0.25) is 0 Å². The molecule has 0 fully saturated rings. The monoisotopic (exact) mass is 192 g/mol. The minimum atomic E-state index is -0.0457. The molecule has 2 rings (SSSR count). The van der Waals surface area contributed by atoms with E-state index in [9.17, 15) is 0 Å². The Bertz CT molecular complexity index is 325. The lowest BCUT2D eigenvalue weighted by molar-refractivity contribution is 0.679. The van der Waals surface area contributed by atoms with Gasteiger partial charge in [-0.1, -0.05) is 0 Å². The molecule has 1 aromatic rings. The third kappa shape index (κ3) is 1.59. The highest BCUT2D eigenvalue weighted by molar-refractivity contribution is 7.11. The van der Waals surface area contributed by atoms with Gasteiger partial charge < -0.3 is 4.85 Å². The van der Waals surface area contributed by atoms with Gasteiger partial charge in [0, 0.05) is 11.8 Å². The molecule has 1 heterocycles. The predicted molar refractivity (Wildman–Crippen MR) is 53.8 cm³/mol. The number of hydrogen-bond acceptors (Lipinski definition) is 2. The van der Waals surface area contributed by atoms with Gasteiger partial charge in [0.1, 0.15) is 0 Å². The molecule has 1 aliphatic carbocycles. The number of thiazole rings is 1. The number of nitrogens with zero attached hydrogens (tertiary/aromatic N) is 2. The fraction of sp³-hybridized carbons (Fsp3) is 0.600. The van der Waals surface area contributed by atoms with Crippen molar-refractivity contribution in [3.63, 3.8) is 0 Å². The summed E-state index contributed by atoms with van der Waals surface area (Å²) in [7, 11) is 0. The lowest BCUT2D eigenvalue weighted by Gasteiger charge is -2.06. The fourth-order valence-electron chi connectivity index (χ4n) is 1.61. The maximum Gasteiger partial charge on any atom is 0.271 e. The van der Waals surface area contributed by atoms with E-state index in [0.29, 0.717) is 0 Å². The van der Waals surface area contributed by atoms with E-state index in [0.717, 1.165) is 11.4 Å². The molecule has 0 bridgehead atoms. The molecule has 0 saturated heterocycles. The van der Waals surface area contributed by atoms with Crippen LogP contribution in [0.1, 0.15) is 41.4 Å². The van der Waals surface area contributed by atoms with E-state index in [4.69, 9.17) is 6.57 Å². The molecule has 0 saturated carbocycles. The van der Waals surface area contributed by atoms with Crippen molar-refractivity contribution >= 4 is 11.3 Å². The fourth-order valence-corrected chi connectivity index (χ4v) is 2.75. The summed E-state index contributed by atoms with van der Waals surface area (Å²) in [6.45, 7) is 8.88. The molecule has 2 nitrogen and oxygen atoms in total.